The van der Waals surface area contributed by atoms with Gasteiger partial charge in [-0.25, -0.2) is 0 Å². The first kappa shape index (κ1) is 21.7. The zero-order chi connectivity index (χ0) is 23.3. The van der Waals surface area contributed by atoms with Crippen LogP contribution in [0.5, 0.6) is 28.7 Å². The number of aliphatic hydroxyl groups excluding tert-OH is 3. The van der Waals surface area contributed by atoms with E-state index in [9.17, 15) is 40.5 Å². The van der Waals surface area contributed by atoms with Crippen molar-refractivity contribution in [3.63, 3.8) is 0 Å². The second kappa shape index (κ2) is 7.88. The molecule has 3 aromatic rings. The van der Waals surface area contributed by atoms with Gasteiger partial charge in [-0.1, -0.05) is 0 Å². The number of fused-ring (bicyclic) bond motifs is 1. The van der Waals surface area contributed by atoms with E-state index in [4.69, 9.17) is 13.9 Å². The van der Waals surface area contributed by atoms with Gasteiger partial charge in [0.15, 0.2) is 17.3 Å². The fraction of sp³-hybridized carbons (Fsp3) is 0.286. The van der Waals surface area contributed by atoms with Crippen molar-refractivity contribution in [2.24, 2.45) is 0 Å². The minimum absolute atomic E-state index is 0.0658. The highest BCUT2D eigenvalue weighted by molar-refractivity contribution is 5.88. The zero-order valence-electron chi connectivity index (χ0n) is 16.5. The largest absolute Gasteiger partial charge is 0.508 e. The summed E-state index contributed by atoms with van der Waals surface area (Å²) in [5, 5.41) is 69.2. The number of hydrogen-bond acceptors (Lipinski definition) is 11. The van der Waals surface area contributed by atoms with Gasteiger partial charge in [0, 0.05) is 17.7 Å². The van der Waals surface area contributed by atoms with Gasteiger partial charge in [-0.3, -0.25) is 4.79 Å². The summed E-state index contributed by atoms with van der Waals surface area (Å²) >= 11 is 0. The average Bonchev–Trinajstić information content (AvgIpc) is 2.73. The number of benzene rings is 2. The molecule has 0 amide bonds. The monoisotopic (exact) mass is 448 g/mol. The van der Waals surface area contributed by atoms with E-state index in [1.807, 2.05) is 0 Å². The van der Waals surface area contributed by atoms with Gasteiger partial charge in [0.25, 0.3) is 0 Å². The van der Waals surface area contributed by atoms with Crippen molar-refractivity contribution in [2.45, 2.75) is 37.6 Å². The third-order valence-electron chi connectivity index (χ3n) is 5.20. The molecule has 5 atom stereocenters. The number of hydrogen-bond donors (Lipinski definition) is 7. The van der Waals surface area contributed by atoms with Gasteiger partial charge in [-0.05, 0) is 25.1 Å². The Labute approximate surface area is 179 Å². The molecule has 32 heavy (non-hydrogen) atoms. The lowest BCUT2D eigenvalue weighted by atomic mass is 10.00. The first-order valence-electron chi connectivity index (χ1n) is 9.50. The highest BCUT2D eigenvalue weighted by Crippen LogP contribution is 2.39. The van der Waals surface area contributed by atoms with E-state index in [0.29, 0.717) is 0 Å². The zero-order valence-corrected chi connectivity index (χ0v) is 16.5. The standard InChI is InChI=1S/C21H20O11/c1-7-15(26)17(28)18(29)21(30-7)32-20-16(27)14-12(25)5-9(22)6-13(14)31-19(20)8-2-3-10(23)11(24)4-8/h2-7,15,17-18,21-26,28-29H,1H3/t7-,15-,17+,18+,21?/m0/s1. The number of rotatable bonds is 3. The van der Waals surface area contributed by atoms with Crippen molar-refractivity contribution < 1.29 is 49.6 Å². The summed E-state index contributed by atoms with van der Waals surface area (Å²) in [6.07, 6.45) is -7.35. The van der Waals surface area contributed by atoms with Crippen LogP contribution < -0.4 is 10.2 Å². The highest BCUT2D eigenvalue weighted by Gasteiger charge is 2.44. The third kappa shape index (κ3) is 3.56. The molecule has 0 spiro atoms. The smallest absolute Gasteiger partial charge is 0.239 e. The molecule has 0 bridgehead atoms. The second-order valence-electron chi connectivity index (χ2n) is 7.43. The predicted molar refractivity (Wildman–Crippen MR) is 108 cm³/mol. The maximum atomic E-state index is 13.2. The molecular formula is C21H20O11. The molecule has 1 saturated heterocycles. The van der Waals surface area contributed by atoms with Crippen LogP contribution in [-0.4, -0.2) is 66.5 Å². The Morgan fingerprint density at radius 3 is 2.28 bits per heavy atom. The summed E-state index contributed by atoms with van der Waals surface area (Å²) in [7, 11) is 0. The van der Waals surface area contributed by atoms with Crippen LogP contribution in [0.3, 0.4) is 0 Å². The van der Waals surface area contributed by atoms with Gasteiger partial charge in [-0.2, -0.15) is 0 Å². The fourth-order valence-electron chi connectivity index (χ4n) is 3.46. The summed E-state index contributed by atoms with van der Waals surface area (Å²) in [5.41, 5.74) is -1.05. The summed E-state index contributed by atoms with van der Waals surface area (Å²) in [6, 6.07) is 5.51. The minimum atomic E-state index is -1.74. The molecule has 7 N–H and O–H groups in total. The van der Waals surface area contributed by atoms with Gasteiger partial charge in [0.1, 0.15) is 40.8 Å². The molecule has 1 aliphatic rings. The van der Waals surface area contributed by atoms with Crippen molar-refractivity contribution in [3.05, 3.63) is 40.6 Å². The molecule has 11 nitrogen and oxygen atoms in total. The van der Waals surface area contributed by atoms with Crippen LogP contribution in [0.15, 0.2) is 39.5 Å². The van der Waals surface area contributed by atoms with Crippen LogP contribution in [0, 0.1) is 0 Å². The molecule has 1 aromatic heterocycles. The van der Waals surface area contributed by atoms with Crippen LogP contribution >= 0.6 is 0 Å². The van der Waals surface area contributed by atoms with Crippen molar-refractivity contribution >= 4 is 11.0 Å². The Bertz CT molecular complexity index is 1230. The first-order chi connectivity index (χ1) is 15.1. The van der Waals surface area contributed by atoms with Crippen LogP contribution in [0.2, 0.25) is 0 Å². The van der Waals surface area contributed by atoms with Gasteiger partial charge in [-0.15, -0.1) is 0 Å². The summed E-state index contributed by atoms with van der Waals surface area (Å²) < 4.78 is 16.6. The predicted octanol–water partition coefficient (Wildman–Crippen LogP) is 0.489. The van der Waals surface area contributed by atoms with E-state index in [1.54, 1.807) is 0 Å². The molecule has 11 heteroatoms. The SMILES string of the molecule is C[C@@H]1OC(Oc2c(-c3ccc(O)c(O)c3)oc3cc(O)cc(O)c3c2=O)[C@H](O)[C@H](O)[C@H]1O. The quantitative estimate of drug-likeness (QED) is 0.276. The number of phenolic OH excluding ortho intramolecular Hbond substituents is 4. The number of phenols is 4. The third-order valence-corrected chi connectivity index (χ3v) is 5.20. The van der Waals surface area contributed by atoms with E-state index >= 15 is 0 Å². The van der Waals surface area contributed by atoms with Crippen molar-refractivity contribution in [1.29, 1.82) is 0 Å². The molecule has 2 aromatic carbocycles. The minimum Gasteiger partial charge on any atom is -0.508 e. The van der Waals surface area contributed by atoms with Crippen molar-refractivity contribution in [1.82, 2.24) is 0 Å². The average molecular weight is 448 g/mol. The molecule has 4 rings (SSSR count). The maximum Gasteiger partial charge on any atom is 0.239 e. The van der Waals surface area contributed by atoms with E-state index < -0.39 is 59.1 Å². The molecule has 1 aliphatic heterocycles. The van der Waals surface area contributed by atoms with E-state index in [1.165, 1.54) is 13.0 Å². The van der Waals surface area contributed by atoms with Crippen LogP contribution in [0.4, 0.5) is 0 Å². The number of aromatic hydroxyl groups is 4. The lowest BCUT2D eigenvalue weighted by Crippen LogP contribution is -2.58. The molecule has 1 unspecified atom stereocenters. The van der Waals surface area contributed by atoms with E-state index in [2.05, 4.69) is 0 Å². The van der Waals surface area contributed by atoms with Gasteiger partial charge < -0.3 is 49.6 Å². The summed E-state index contributed by atoms with van der Waals surface area (Å²) in [4.78, 5) is 13.2. The lowest BCUT2D eigenvalue weighted by Gasteiger charge is -2.38. The Kier molecular flexibility index (Phi) is 5.34. The van der Waals surface area contributed by atoms with Gasteiger partial charge in [0.05, 0.1) is 6.10 Å². The highest BCUT2D eigenvalue weighted by atomic mass is 16.7. The Balaban J connectivity index is 1.92. The number of ether oxygens (including phenoxy) is 2. The first-order valence-corrected chi connectivity index (χ1v) is 9.50. The Hall–Kier alpha value is -3.51. The topological polar surface area (TPSA) is 190 Å². The molecule has 2 heterocycles. The van der Waals surface area contributed by atoms with Crippen LogP contribution in [0.1, 0.15) is 6.92 Å². The second-order valence-corrected chi connectivity index (χ2v) is 7.43. The Morgan fingerprint density at radius 2 is 1.59 bits per heavy atom. The molecule has 170 valence electrons. The molecular weight excluding hydrogens is 428 g/mol. The summed E-state index contributed by atoms with van der Waals surface area (Å²) in [5.74, 6) is -2.80. The molecule has 0 aliphatic carbocycles. The van der Waals surface area contributed by atoms with Gasteiger partial charge in [0.2, 0.25) is 17.5 Å². The molecule has 0 saturated carbocycles. The van der Waals surface area contributed by atoms with Crippen LogP contribution in [0.25, 0.3) is 22.3 Å². The Morgan fingerprint density at radius 1 is 0.875 bits per heavy atom. The molecule has 0 radical (unpaired) electrons. The van der Waals surface area contributed by atoms with Crippen molar-refractivity contribution in [3.8, 4) is 40.1 Å². The molecule has 1 fully saturated rings. The fourth-order valence-corrected chi connectivity index (χ4v) is 3.46. The van der Waals surface area contributed by atoms with Gasteiger partial charge >= 0.3 is 0 Å². The summed E-state index contributed by atoms with van der Waals surface area (Å²) in [6.45, 7) is 1.42. The lowest BCUT2D eigenvalue weighted by molar-refractivity contribution is -0.268. The van der Waals surface area contributed by atoms with E-state index in [0.717, 1.165) is 24.3 Å². The van der Waals surface area contributed by atoms with E-state index in [-0.39, 0.29) is 28.0 Å². The van der Waals surface area contributed by atoms with Crippen molar-refractivity contribution in [2.75, 3.05) is 0 Å². The maximum absolute atomic E-state index is 13.2. The number of aliphatic hydroxyl groups is 3. The van der Waals surface area contributed by atoms with Crippen LogP contribution in [-0.2, 0) is 4.74 Å². The normalized spacial score (nSPS) is 25.7.